The van der Waals surface area contributed by atoms with Crippen LogP contribution in [-0.4, -0.2) is 37.1 Å². The molecule has 0 radical (unpaired) electrons. The Bertz CT molecular complexity index is 347. The Morgan fingerprint density at radius 2 is 1.82 bits per heavy atom. The molecule has 3 nitrogen and oxygen atoms in total. The Morgan fingerprint density at radius 3 is 2.35 bits per heavy atom. The van der Waals surface area contributed by atoms with Gasteiger partial charge in [-0.1, -0.05) is 25.4 Å². The zero-order valence-electron chi connectivity index (χ0n) is 10.3. The van der Waals surface area contributed by atoms with E-state index in [9.17, 15) is 4.79 Å². The first kappa shape index (κ1) is 14.0. The summed E-state index contributed by atoms with van der Waals surface area (Å²) >= 11 is 5.74. The van der Waals surface area contributed by atoms with Gasteiger partial charge in [0.05, 0.1) is 5.56 Å². The van der Waals surface area contributed by atoms with Crippen LogP contribution < -0.4 is 0 Å². The number of ether oxygens (including phenoxy) is 1. The molecule has 17 heavy (non-hydrogen) atoms. The summed E-state index contributed by atoms with van der Waals surface area (Å²) in [5, 5.41) is 0.615. The summed E-state index contributed by atoms with van der Waals surface area (Å²) in [4.78, 5) is 13.8. The zero-order valence-corrected chi connectivity index (χ0v) is 11.0. The Kier molecular flexibility index (Phi) is 6.01. The highest BCUT2D eigenvalue weighted by Crippen LogP contribution is 2.10. The predicted molar refractivity (Wildman–Crippen MR) is 69.5 cm³/mol. The van der Waals surface area contributed by atoms with E-state index in [0.29, 0.717) is 17.2 Å². The minimum Gasteiger partial charge on any atom is -0.461 e. The minimum atomic E-state index is -0.297. The first-order valence-corrected chi connectivity index (χ1v) is 6.20. The first-order chi connectivity index (χ1) is 8.17. The van der Waals surface area contributed by atoms with E-state index >= 15 is 0 Å². The van der Waals surface area contributed by atoms with Crippen LogP contribution in [-0.2, 0) is 4.74 Å². The van der Waals surface area contributed by atoms with E-state index in [1.54, 1.807) is 24.3 Å². The Hall–Kier alpha value is -1.06. The average Bonchev–Trinajstić information content (AvgIpc) is 2.35. The van der Waals surface area contributed by atoms with Crippen LogP contribution in [0.1, 0.15) is 24.2 Å². The summed E-state index contributed by atoms with van der Waals surface area (Å²) in [6.45, 7) is 7.30. The highest BCUT2D eigenvalue weighted by atomic mass is 35.5. The SMILES string of the molecule is CCN(CC)CCOC(=O)c1ccc(Cl)cc1. The van der Waals surface area contributed by atoms with Crippen molar-refractivity contribution < 1.29 is 9.53 Å². The molecule has 1 rings (SSSR count). The van der Waals surface area contributed by atoms with Gasteiger partial charge < -0.3 is 9.64 Å². The molecule has 4 heteroatoms. The van der Waals surface area contributed by atoms with Gasteiger partial charge in [0.2, 0.25) is 0 Å². The summed E-state index contributed by atoms with van der Waals surface area (Å²) in [5.74, 6) is -0.297. The molecule has 0 aliphatic carbocycles. The van der Waals surface area contributed by atoms with Crippen molar-refractivity contribution in [2.24, 2.45) is 0 Å². The number of benzene rings is 1. The van der Waals surface area contributed by atoms with Gasteiger partial charge in [-0.15, -0.1) is 0 Å². The molecule has 0 aliphatic heterocycles. The maximum absolute atomic E-state index is 11.6. The van der Waals surface area contributed by atoms with E-state index in [1.807, 2.05) is 0 Å². The van der Waals surface area contributed by atoms with Crippen molar-refractivity contribution in [3.8, 4) is 0 Å². The summed E-state index contributed by atoms with van der Waals surface area (Å²) in [7, 11) is 0. The van der Waals surface area contributed by atoms with Crippen molar-refractivity contribution in [3.63, 3.8) is 0 Å². The number of rotatable bonds is 6. The van der Waals surface area contributed by atoms with E-state index in [4.69, 9.17) is 16.3 Å². The molecular weight excluding hydrogens is 238 g/mol. The van der Waals surface area contributed by atoms with Gasteiger partial charge >= 0.3 is 5.97 Å². The van der Waals surface area contributed by atoms with Crippen LogP contribution in [0.25, 0.3) is 0 Å². The highest BCUT2D eigenvalue weighted by molar-refractivity contribution is 6.30. The van der Waals surface area contributed by atoms with E-state index in [-0.39, 0.29) is 5.97 Å². The van der Waals surface area contributed by atoms with Crippen molar-refractivity contribution in [2.45, 2.75) is 13.8 Å². The average molecular weight is 256 g/mol. The maximum atomic E-state index is 11.6. The second kappa shape index (κ2) is 7.30. The number of halogens is 1. The quantitative estimate of drug-likeness (QED) is 0.732. The molecule has 0 N–H and O–H groups in total. The van der Waals surface area contributed by atoms with Gasteiger partial charge in [-0.2, -0.15) is 0 Å². The number of esters is 1. The van der Waals surface area contributed by atoms with E-state index in [2.05, 4.69) is 18.7 Å². The fourth-order valence-electron chi connectivity index (χ4n) is 1.48. The molecule has 0 aromatic heterocycles. The smallest absolute Gasteiger partial charge is 0.338 e. The molecule has 0 spiro atoms. The molecule has 0 atom stereocenters. The fourth-order valence-corrected chi connectivity index (χ4v) is 1.60. The summed E-state index contributed by atoms with van der Waals surface area (Å²) in [5.41, 5.74) is 0.536. The second-order valence-corrected chi connectivity index (χ2v) is 4.11. The molecule has 0 saturated carbocycles. The van der Waals surface area contributed by atoms with Crippen LogP contribution >= 0.6 is 11.6 Å². The van der Waals surface area contributed by atoms with Gasteiger partial charge in [-0.25, -0.2) is 4.79 Å². The third kappa shape index (κ3) is 4.75. The van der Waals surface area contributed by atoms with Crippen molar-refractivity contribution >= 4 is 17.6 Å². The molecule has 0 bridgehead atoms. The number of likely N-dealkylation sites (N-methyl/N-ethyl adjacent to an activating group) is 1. The van der Waals surface area contributed by atoms with Crippen LogP contribution in [0.4, 0.5) is 0 Å². The molecule has 0 amide bonds. The zero-order chi connectivity index (χ0) is 12.7. The summed E-state index contributed by atoms with van der Waals surface area (Å²) in [6, 6.07) is 6.70. The molecule has 0 saturated heterocycles. The van der Waals surface area contributed by atoms with Gasteiger partial charge in [-0.05, 0) is 37.4 Å². The van der Waals surface area contributed by atoms with Crippen LogP contribution in [0.2, 0.25) is 5.02 Å². The van der Waals surface area contributed by atoms with Crippen LogP contribution in [0, 0.1) is 0 Å². The fraction of sp³-hybridized carbons (Fsp3) is 0.462. The van der Waals surface area contributed by atoms with Crippen molar-refractivity contribution in [2.75, 3.05) is 26.2 Å². The highest BCUT2D eigenvalue weighted by Gasteiger charge is 2.07. The molecule has 94 valence electrons. The molecule has 1 aromatic carbocycles. The molecule has 0 fully saturated rings. The normalized spacial score (nSPS) is 10.6. The van der Waals surface area contributed by atoms with Crippen molar-refractivity contribution in [3.05, 3.63) is 34.9 Å². The number of nitrogens with zero attached hydrogens (tertiary/aromatic N) is 1. The Balaban J connectivity index is 2.37. The van der Waals surface area contributed by atoms with Crippen molar-refractivity contribution in [1.82, 2.24) is 4.90 Å². The molecular formula is C13H18ClNO2. The predicted octanol–water partition coefficient (Wildman–Crippen LogP) is 2.84. The van der Waals surface area contributed by atoms with Crippen LogP contribution in [0.5, 0.6) is 0 Å². The third-order valence-corrected chi connectivity index (χ3v) is 2.87. The van der Waals surface area contributed by atoms with Crippen LogP contribution in [0.3, 0.4) is 0 Å². The maximum Gasteiger partial charge on any atom is 0.338 e. The number of carbonyl (C=O) groups is 1. The number of hydrogen-bond donors (Lipinski definition) is 0. The van der Waals surface area contributed by atoms with Gasteiger partial charge in [0.25, 0.3) is 0 Å². The molecule has 0 unspecified atom stereocenters. The third-order valence-electron chi connectivity index (χ3n) is 2.62. The minimum absolute atomic E-state index is 0.297. The standard InChI is InChI=1S/C13H18ClNO2/c1-3-15(4-2)9-10-17-13(16)11-5-7-12(14)8-6-11/h5-8H,3-4,9-10H2,1-2H3. The molecule has 1 aromatic rings. The van der Waals surface area contributed by atoms with Gasteiger partial charge in [-0.3, -0.25) is 0 Å². The lowest BCUT2D eigenvalue weighted by molar-refractivity contribution is 0.0466. The van der Waals surface area contributed by atoms with Crippen molar-refractivity contribution in [1.29, 1.82) is 0 Å². The topological polar surface area (TPSA) is 29.5 Å². The lowest BCUT2D eigenvalue weighted by Gasteiger charge is -2.17. The second-order valence-electron chi connectivity index (χ2n) is 3.67. The lowest BCUT2D eigenvalue weighted by atomic mass is 10.2. The van der Waals surface area contributed by atoms with Gasteiger partial charge in [0.1, 0.15) is 6.61 Å². The lowest BCUT2D eigenvalue weighted by Crippen LogP contribution is -2.27. The Labute approximate surface area is 107 Å². The van der Waals surface area contributed by atoms with Gasteiger partial charge in [0.15, 0.2) is 0 Å². The Morgan fingerprint density at radius 1 is 1.24 bits per heavy atom. The number of carbonyl (C=O) groups excluding carboxylic acids is 1. The first-order valence-electron chi connectivity index (χ1n) is 5.82. The largest absolute Gasteiger partial charge is 0.461 e. The molecule has 0 aliphatic rings. The molecule has 0 heterocycles. The van der Waals surface area contributed by atoms with E-state index in [1.165, 1.54) is 0 Å². The summed E-state index contributed by atoms with van der Waals surface area (Å²) in [6.07, 6.45) is 0. The number of hydrogen-bond acceptors (Lipinski definition) is 3. The van der Waals surface area contributed by atoms with E-state index < -0.39 is 0 Å². The summed E-state index contributed by atoms with van der Waals surface area (Å²) < 4.78 is 5.18. The van der Waals surface area contributed by atoms with E-state index in [0.717, 1.165) is 19.6 Å². The monoisotopic (exact) mass is 255 g/mol. The van der Waals surface area contributed by atoms with Crippen LogP contribution in [0.15, 0.2) is 24.3 Å². The van der Waals surface area contributed by atoms with Gasteiger partial charge in [0, 0.05) is 11.6 Å².